The van der Waals surface area contributed by atoms with Crippen molar-refractivity contribution < 1.29 is 4.79 Å². The third-order valence-electron chi connectivity index (χ3n) is 4.60. The van der Waals surface area contributed by atoms with Gasteiger partial charge in [-0.05, 0) is 75.9 Å². The van der Waals surface area contributed by atoms with Crippen molar-refractivity contribution in [2.75, 3.05) is 22.5 Å². The molecule has 4 rings (SSSR count). The lowest BCUT2D eigenvalue weighted by molar-refractivity contribution is 0.257. The molecule has 0 spiro atoms. The third-order valence-corrected chi connectivity index (χ3v) is 6.52. The second kappa shape index (κ2) is 11.1. The molecule has 0 aliphatic rings. The number of H-pyrrole nitrogens is 1. The lowest BCUT2D eigenvalue weighted by Gasteiger charge is -2.24. The second-order valence-corrected chi connectivity index (χ2v) is 9.57. The van der Waals surface area contributed by atoms with Crippen LogP contribution in [0.25, 0.3) is 11.0 Å². The van der Waals surface area contributed by atoms with Crippen molar-refractivity contribution in [1.82, 2.24) is 25.1 Å². The van der Waals surface area contributed by atoms with Crippen LogP contribution in [0, 0.1) is 0 Å². The molecule has 3 N–H and O–H groups in total. The first-order valence-corrected chi connectivity index (χ1v) is 12.3. The number of amides is 2. The minimum Gasteiger partial charge on any atom is -0.351 e. The Labute approximate surface area is 212 Å². The lowest BCUT2D eigenvalue weighted by atomic mass is 10.2. The largest absolute Gasteiger partial charge is 0.351 e. The van der Waals surface area contributed by atoms with Gasteiger partial charge in [-0.3, -0.25) is 4.72 Å². The molecule has 2 aromatic heterocycles. The summed E-state index contributed by atoms with van der Waals surface area (Å²) in [4.78, 5) is 18.9. The van der Waals surface area contributed by atoms with E-state index in [0.717, 1.165) is 21.4 Å². The number of nitrogens with zero attached hydrogens (tertiary/aromatic N) is 4. The first kappa shape index (κ1) is 23.6. The number of rotatable bonds is 8. The molecule has 8 nitrogen and oxygen atoms in total. The number of carbonyl (C=O) groups excluding carboxylic acids is 1. The van der Waals surface area contributed by atoms with Crippen molar-refractivity contribution in [1.29, 1.82) is 0 Å². The Morgan fingerprint density at radius 2 is 1.91 bits per heavy atom. The van der Waals surface area contributed by atoms with Crippen LogP contribution in [0.2, 0.25) is 10.0 Å². The van der Waals surface area contributed by atoms with Gasteiger partial charge in [-0.25, -0.2) is 9.78 Å². The number of carbonyl (C=O) groups is 1. The normalized spacial score (nSPS) is 10.9. The van der Waals surface area contributed by atoms with Crippen LogP contribution in [-0.2, 0) is 6.54 Å². The summed E-state index contributed by atoms with van der Waals surface area (Å²) in [5, 5.41) is 14.4. The summed E-state index contributed by atoms with van der Waals surface area (Å²) in [6.45, 7) is 1.24. The molecule has 2 amide bonds. The van der Waals surface area contributed by atoms with Gasteiger partial charge in [0.15, 0.2) is 0 Å². The topological polar surface area (TPSA) is 98.8 Å². The first-order chi connectivity index (χ1) is 16.0. The van der Waals surface area contributed by atoms with E-state index in [1.54, 1.807) is 30.5 Å². The summed E-state index contributed by atoms with van der Waals surface area (Å²) >= 11 is 16.9. The number of urea groups is 1. The number of benzene rings is 2. The highest BCUT2D eigenvalue weighted by Crippen LogP contribution is 2.25. The number of halogens is 3. The maximum absolute atomic E-state index is 12.3. The lowest BCUT2D eigenvalue weighted by Crippen LogP contribution is -2.29. The Morgan fingerprint density at radius 1 is 1.06 bits per heavy atom. The predicted molar refractivity (Wildman–Crippen MR) is 138 cm³/mol. The van der Waals surface area contributed by atoms with Gasteiger partial charge in [0.2, 0.25) is 0 Å². The van der Waals surface area contributed by atoms with Crippen molar-refractivity contribution in [3.8, 4) is 0 Å². The van der Waals surface area contributed by atoms with Crippen LogP contribution in [-0.4, -0.2) is 38.7 Å². The van der Waals surface area contributed by atoms with E-state index < -0.39 is 0 Å². The number of anilines is 2. The molecule has 2 heterocycles. The van der Waals surface area contributed by atoms with Gasteiger partial charge in [0.25, 0.3) is 0 Å². The molecular weight excluding hydrogens is 549 g/mol. The molecule has 0 aliphatic heterocycles. The summed E-state index contributed by atoms with van der Waals surface area (Å²) in [7, 11) is 0. The molecular formula is C21H18BrCl2N7OS. The molecule has 0 aliphatic carbocycles. The van der Waals surface area contributed by atoms with E-state index in [9.17, 15) is 4.79 Å². The average Bonchev–Trinajstić information content (AvgIpc) is 3.27. The number of hydrogen-bond acceptors (Lipinski definition) is 6. The van der Waals surface area contributed by atoms with Crippen molar-refractivity contribution in [3.05, 3.63) is 74.8 Å². The van der Waals surface area contributed by atoms with Gasteiger partial charge in [-0.2, -0.15) is 15.4 Å². The van der Waals surface area contributed by atoms with Crippen LogP contribution in [0.1, 0.15) is 5.56 Å². The van der Waals surface area contributed by atoms with Crippen molar-refractivity contribution in [2.24, 2.45) is 0 Å². The first-order valence-electron chi connectivity index (χ1n) is 9.78. The van der Waals surface area contributed by atoms with Gasteiger partial charge >= 0.3 is 6.03 Å². The zero-order chi connectivity index (χ0) is 23.2. The monoisotopic (exact) mass is 565 g/mol. The van der Waals surface area contributed by atoms with Crippen LogP contribution < -0.4 is 14.9 Å². The summed E-state index contributed by atoms with van der Waals surface area (Å²) in [5.74, 6) is 1.45. The zero-order valence-corrected chi connectivity index (χ0v) is 21.0. The van der Waals surface area contributed by atoms with E-state index in [-0.39, 0.29) is 6.03 Å². The Kier molecular flexibility index (Phi) is 7.92. The molecule has 33 heavy (non-hydrogen) atoms. The van der Waals surface area contributed by atoms with E-state index in [2.05, 4.69) is 51.3 Å². The molecule has 0 saturated heterocycles. The van der Waals surface area contributed by atoms with Crippen LogP contribution in [0.5, 0.6) is 0 Å². The number of aromatic nitrogens is 4. The number of hydrogen-bond donors (Lipinski definition) is 3. The molecule has 2 aromatic carbocycles. The predicted octanol–water partition coefficient (Wildman–Crippen LogP) is 5.90. The minimum absolute atomic E-state index is 0.319. The molecule has 0 fully saturated rings. The van der Waals surface area contributed by atoms with Gasteiger partial charge in [0.1, 0.15) is 16.9 Å². The summed E-state index contributed by atoms with van der Waals surface area (Å²) in [6, 6.07) is 14.4. The average molecular weight is 567 g/mol. The number of aromatic amines is 1. The van der Waals surface area contributed by atoms with Crippen molar-refractivity contribution in [3.63, 3.8) is 0 Å². The van der Waals surface area contributed by atoms with Gasteiger partial charge in [-0.15, -0.1) is 0 Å². The van der Waals surface area contributed by atoms with E-state index >= 15 is 0 Å². The van der Waals surface area contributed by atoms with E-state index in [1.807, 2.05) is 24.3 Å². The molecule has 0 unspecified atom stereocenters. The number of nitrogens with one attached hydrogen (secondary N) is 3. The SMILES string of the molecule is O=C(NSCCN(Cc1ccc(Cl)c(Cl)c1)c1ccc(Br)cn1)Nc1ccc2n[nH]nc2c1. The standard InChI is InChI=1S/C21H18BrCl2N7OS/c22-14-2-6-20(25-11-14)31(12-13-1-4-16(23)17(24)9-13)7-8-33-29-21(32)26-15-3-5-18-19(10-15)28-30-27-18/h1-6,9-11H,7-8,12H2,(H2,26,29,32)(H,27,28,30). The zero-order valence-electron chi connectivity index (χ0n) is 17.1. The fraction of sp³-hybridized carbons (Fsp3) is 0.143. The van der Waals surface area contributed by atoms with Gasteiger partial charge in [-0.1, -0.05) is 29.3 Å². The highest BCUT2D eigenvalue weighted by molar-refractivity contribution is 9.10. The smallest absolute Gasteiger partial charge is 0.329 e. The Bertz CT molecular complexity index is 1260. The minimum atomic E-state index is -0.319. The maximum atomic E-state index is 12.3. The van der Waals surface area contributed by atoms with Crippen LogP contribution in [0.4, 0.5) is 16.3 Å². The van der Waals surface area contributed by atoms with Crippen molar-refractivity contribution >= 4 is 79.6 Å². The van der Waals surface area contributed by atoms with Crippen LogP contribution in [0.3, 0.4) is 0 Å². The second-order valence-electron chi connectivity index (χ2n) is 6.94. The molecule has 170 valence electrons. The third kappa shape index (κ3) is 6.50. The summed E-state index contributed by atoms with van der Waals surface area (Å²) in [5.41, 5.74) is 3.06. The highest BCUT2D eigenvalue weighted by atomic mass is 79.9. The van der Waals surface area contributed by atoms with Gasteiger partial charge in [0.05, 0.1) is 10.0 Å². The van der Waals surface area contributed by atoms with Crippen LogP contribution in [0.15, 0.2) is 59.2 Å². The Morgan fingerprint density at radius 3 is 2.70 bits per heavy atom. The fourth-order valence-electron chi connectivity index (χ4n) is 3.04. The van der Waals surface area contributed by atoms with Crippen molar-refractivity contribution in [2.45, 2.75) is 6.54 Å². The number of fused-ring (bicyclic) bond motifs is 1. The Balaban J connectivity index is 1.33. The fourth-order valence-corrected chi connectivity index (χ4v) is 4.19. The number of pyridine rings is 1. The van der Waals surface area contributed by atoms with Crippen LogP contribution >= 0.6 is 51.1 Å². The van der Waals surface area contributed by atoms with E-state index in [1.165, 1.54) is 11.9 Å². The molecule has 12 heteroatoms. The molecule has 0 saturated carbocycles. The molecule has 0 bridgehead atoms. The molecule has 0 atom stereocenters. The quantitative estimate of drug-likeness (QED) is 0.181. The highest BCUT2D eigenvalue weighted by Gasteiger charge is 2.11. The summed E-state index contributed by atoms with van der Waals surface area (Å²) < 4.78 is 3.70. The van der Waals surface area contributed by atoms with E-state index in [4.69, 9.17) is 23.2 Å². The summed E-state index contributed by atoms with van der Waals surface area (Å²) in [6.07, 6.45) is 1.75. The van der Waals surface area contributed by atoms with E-state index in [0.29, 0.717) is 40.1 Å². The molecule has 4 aromatic rings. The maximum Gasteiger partial charge on any atom is 0.329 e. The van der Waals surface area contributed by atoms with Gasteiger partial charge < -0.3 is 10.2 Å². The van der Waals surface area contributed by atoms with Gasteiger partial charge in [0, 0.05) is 35.2 Å². The molecule has 0 radical (unpaired) electrons. The Hall–Kier alpha value is -2.53.